The zero-order valence-corrected chi connectivity index (χ0v) is 8.90. The minimum Gasteiger partial charge on any atom is -0.386 e. The maximum atomic E-state index is 5.50. The molecule has 1 rings (SSSR count). The van der Waals surface area contributed by atoms with Crippen molar-refractivity contribution in [3.8, 4) is 0 Å². The molecule has 0 aliphatic carbocycles. The van der Waals surface area contributed by atoms with Crippen LogP contribution >= 0.6 is 23.4 Å². The van der Waals surface area contributed by atoms with E-state index in [-0.39, 0.29) is 5.88 Å². The molecule has 0 aliphatic heterocycles. The number of halogens is 1. The fraction of sp³-hybridized carbons (Fsp3) is 0.222. The summed E-state index contributed by atoms with van der Waals surface area (Å²) in [7, 11) is 0. The van der Waals surface area contributed by atoms with Crippen molar-refractivity contribution in [3.05, 3.63) is 24.3 Å². The second-order valence-electron chi connectivity index (χ2n) is 2.43. The normalized spacial score (nSPS) is 11.7. The molecule has 0 amide bonds. The molecule has 0 radical (unpaired) electrons. The molecule has 0 spiro atoms. The molecule has 0 fully saturated rings. The predicted molar refractivity (Wildman–Crippen MR) is 60.2 cm³/mol. The maximum Gasteiger partial charge on any atom is 0.115 e. The van der Waals surface area contributed by atoms with E-state index in [1.165, 1.54) is 4.90 Å². The van der Waals surface area contributed by atoms with Crippen LogP contribution < -0.4 is 5.73 Å². The molecular weight excluding hydrogens is 204 g/mol. The van der Waals surface area contributed by atoms with Crippen molar-refractivity contribution in [1.29, 1.82) is 0 Å². The summed E-state index contributed by atoms with van der Waals surface area (Å²) in [5.74, 6) is 0.711. The average Bonchev–Trinajstić information content (AvgIpc) is 2.19. The first-order valence-electron chi connectivity index (χ1n) is 3.79. The largest absolute Gasteiger partial charge is 0.386 e. The van der Waals surface area contributed by atoms with Gasteiger partial charge in [-0.15, -0.1) is 23.4 Å². The maximum absolute atomic E-state index is 5.50. The van der Waals surface area contributed by atoms with Crippen LogP contribution in [-0.2, 0) is 0 Å². The van der Waals surface area contributed by atoms with Gasteiger partial charge < -0.3 is 5.73 Å². The van der Waals surface area contributed by atoms with Gasteiger partial charge in [0.15, 0.2) is 0 Å². The molecule has 4 heteroatoms. The van der Waals surface area contributed by atoms with Crippen molar-refractivity contribution in [2.75, 3.05) is 12.1 Å². The molecule has 1 aromatic rings. The van der Waals surface area contributed by atoms with Gasteiger partial charge in [0.05, 0.1) is 11.6 Å². The monoisotopic (exact) mass is 214 g/mol. The van der Waals surface area contributed by atoms with Crippen LogP contribution in [0.25, 0.3) is 0 Å². The summed E-state index contributed by atoms with van der Waals surface area (Å²) in [5.41, 5.74) is 6.33. The van der Waals surface area contributed by atoms with Crippen molar-refractivity contribution in [2.45, 2.75) is 4.90 Å². The lowest BCUT2D eigenvalue weighted by Crippen LogP contribution is -2.12. The molecule has 0 bridgehead atoms. The Kier molecular flexibility index (Phi) is 4.12. The first kappa shape index (κ1) is 10.4. The summed E-state index contributed by atoms with van der Waals surface area (Å²) in [5, 5.41) is 0. The number of aliphatic imine (C=N–C) groups is 1. The molecule has 0 heterocycles. The molecule has 13 heavy (non-hydrogen) atoms. The van der Waals surface area contributed by atoms with Crippen LogP contribution in [0.5, 0.6) is 0 Å². The highest BCUT2D eigenvalue weighted by atomic mass is 35.5. The Balaban J connectivity index is 2.80. The summed E-state index contributed by atoms with van der Waals surface area (Å²) in [6.07, 6.45) is 2.03. The van der Waals surface area contributed by atoms with Gasteiger partial charge in [0.2, 0.25) is 0 Å². The highest BCUT2D eigenvalue weighted by molar-refractivity contribution is 7.98. The van der Waals surface area contributed by atoms with Gasteiger partial charge in [-0.05, 0) is 30.5 Å². The van der Waals surface area contributed by atoms with Gasteiger partial charge >= 0.3 is 0 Å². The van der Waals surface area contributed by atoms with Gasteiger partial charge in [0, 0.05) is 4.90 Å². The van der Waals surface area contributed by atoms with E-state index in [1.807, 2.05) is 30.5 Å². The lowest BCUT2D eigenvalue weighted by Gasteiger charge is -1.98. The third-order valence-corrected chi connectivity index (χ3v) is 2.50. The van der Waals surface area contributed by atoms with E-state index in [0.717, 1.165) is 5.69 Å². The highest BCUT2D eigenvalue weighted by Crippen LogP contribution is 2.19. The quantitative estimate of drug-likeness (QED) is 0.364. The summed E-state index contributed by atoms with van der Waals surface area (Å²) >= 11 is 7.20. The second kappa shape index (κ2) is 5.14. The first-order valence-corrected chi connectivity index (χ1v) is 5.55. The Hall–Kier alpha value is -0.670. The Morgan fingerprint density at radius 1 is 1.46 bits per heavy atom. The van der Waals surface area contributed by atoms with Crippen LogP contribution in [0.3, 0.4) is 0 Å². The van der Waals surface area contributed by atoms with Crippen molar-refractivity contribution in [2.24, 2.45) is 10.7 Å². The lowest BCUT2D eigenvalue weighted by molar-refractivity contribution is 1.40. The third kappa shape index (κ3) is 3.28. The van der Waals surface area contributed by atoms with E-state index < -0.39 is 0 Å². The van der Waals surface area contributed by atoms with Crippen LogP contribution in [0.15, 0.2) is 34.2 Å². The fourth-order valence-electron chi connectivity index (χ4n) is 0.852. The molecule has 0 aliphatic rings. The predicted octanol–water partition coefficient (Wildman–Crippen LogP) is 2.64. The van der Waals surface area contributed by atoms with E-state index in [0.29, 0.717) is 5.84 Å². The molecule has 70 valence electrons. The van der Waals surface area contributed by atoms with Crippen LogP contribution in [0.4, 0.5) is 5.69 Å². The van der Waals surface area contributed by atoms with Crippen LogP contribution in [0, 0.1) is 0 Å². The molecule has 0 saturated carbocycles. The van der Waals surface area contributed by atoms with E-state index in [4.69, 9.17) is 17.3 Å². The lowest BCUT2D eigenvalue weighted by atomic mass is 10.3. The van der Waals surface area contributed by atoms with E-state index in [9.17, 15) is 0 Å². The smallest absolute Gasteiger partial charge is 0.115 e. The number of hydrogen-bond acceptors (Lipinski definition) is 2. The zero-order valence-electron chi connectivity index (χ0n) is 7.33. The van der Waals surface area contributed by atoms with Crippen molar-refractivity contribution < 1.29 is 0 Å². The molecule has 2 N–H and O–H groups in total. The first-order chi connectivity index (χ1) is 6.26. The molecule has 0 saturated heterocycles. The Bertz CT molecular complexity index is 295. The number of benzene rings is 1. The number of rotatable bonds is 3. The number of alkyl halides is 1. The second-order valence-corrected chi connectivity index (χ2v) is 3.58. The van der Waals surface area contributed by atoms with Gasteiger partial charge in [-0.3, -0.25) is 0 Å². The van der Waals surface area contributed by atoms with E-state index in [2.05, 4.69) is 4.99 Å². The molecule has 0 atom stereocenters. The highest BCUT2D eigenvalue weighted by Gasteiger charge is 1.92. The Morgan fingerprint density at radius 2 is 2.08 bits per heavy atom. The number of nitrogens with zero attached hydrogens (tertiary/aromatic N) is 1. The average molecular weight is 215 g/mol. The van der Waals surface area contributed by atoms with E-state index in [1.54, 1.807) is 11.8 Å². The number of thioether (sulfide) groups is 1. The minimum absolute atomic E-state index is 0.268. The molecule has 0 unspecified atom stereocenters. The SMILES string of the molecule is CSc1ccc(N=C(N)CCl)cc1. The Labute approximate surface area is 87.2 Å². The van der Waals surface area contributed by atoms with Crippen molar-refractivity contribution in [1.82, 2.24) is 0 Å². The van der Waals surface area contributed by atoms with Gasteiger partial charge in [-0.2, -0.15) is 0 Å². The topological polar surface area (TPSA) is 38.4 Å². The van der Waals surface area contributed by atoms with Gasteiger partial charge in [-0.25, -0.2) is 4.99 Å². The minimum atomic E-state index is 0.268. The zero-order chi connectivity index (χ0) is 9.68. The van der Waals surface area contributed by atoms with Crippen LogP contribution in [-0.4, -0.2) is 18.0 Å². The summed E-state index contributed by atoms with van der Waals surface area (Å²) in [6, 6.07) is 7.85. The molecular formula is C9H11ClN2S. The molecule has 2 nitrogen and oxygen atoms in total. The molecule has 0 aromatic heterocycles. The molecule has 1 aromatic carbocycles. The third-order valence-electron chi connectivity index (χ3n) is 1.48. The summed E-state index contributed by atoms with van der Waals surface area (Å²) < 4.78 is 0. The summed E-state index contributed by atoms with van der Waals surface area (Å²) in [6.45, 7) is 0. The Morgan fingerprint density at radius 3 is 2.54 bits per heavy atom. The number of nitrogens with two attached hydrogens (primary N) is 1. The number of hydrogen-bond donors (Lipinski definition) is 1. The summed E-state index contributed by atoms with van der Waals surface area (Å²) in [4.78, 5) is 5.32. The number of amidine groups is 1. The van der Waals surface area contributed by atoms with Crippen molar-refractivity contribution in [3.63, 3.8) is 0 Å². The van der Waals surface area contributed by atoms with Crippen molar-refractivity contribution >= 4 is 34.9 Å². The van der Waals surface area contributed by atoms with Gasteiger partial charge in [-0.1, -0.05) is 0 Å². The standard InChI is InChI=1S/C9H11ClN2S/c1-13-8-4-2-7(3-5-8)12-9(11)6-10/h2-5H,6H2,1H3,(H2,11,12). The fourth-order valence-corrected chi connectivity index (χ4v) is 1.32. The van der Waals surface area contributed by atoms with Crippen LogP contribution in [0.2, 0.25) is 0 Å². The van der Waals surface area contributed by atoms with E-state index >= 15 is 0 Å². The van der Waals surface area contributed by atoms with Crippen LogP contribution in [0.1, 0.15) is 0 Å². The van der Waals surface area contributed by atoms with Gasteiger partial charge in [0.1, 0.15) is 5.84 Å². The van der Waals surface area contributed by atoms with Gasteiger partial charge in [0.25, 0.3) is 0 Å².